The molecule has 2 aromatic rings. The van der Waals surface area contributed by atoms with Crippen LogP contribution in [0.5, 0.6) is 0 Å². The summed E-state index contributed by atoms with van der Waals surface area (Å²) in [4.78, 5) is 1.44. The number of aromatic amines is 1. The van der Waals surface area contributed by atoms with E-state index >= 15 is 0 Å². The van der Waals surface area contributed by atoms with Gasteiger partial charge in [0.05, 0.1) is 23.6 Å². The molecule has 1 aliphatic heterocycles. The van der Waals surface area contributed by atoms with Crippen molar-refractivity contribution in [2.24, 2.45) is 16.8 Å². The van der Waals surface area contributed by atoms with Gasteiger partial charge in [-0.25, -0.2) is 0 Å². The number of aliphatic imine (C=N–C) groups is 1. The van der Waals surface area contributed by atoms with E-state index in [0.29, 0.717) is 29.8 Å². The average molecular weight is 413 g/mol. The summed E-state index contributed by atoms with van der Waals surface area (Å²) in [5, 5.41) is 19.6. The van der Waals surface area contributed by atoms with Crippen molar-refractivity contribution in [2.45, 2.75) is 36.9 Å². The topological polar surface area (TPSA) is 73.3 Å². The Morgan fingerprint density at radius 3 is 2.64 bits per heavy atom. The van der Waals surface area contributed by atoms with Crippen molar-refractivity contribution in [2.75, 3.05) is 6.61 Å². The first-order valence-corrected chi connectivity index (χ1v) is 9.56. The van der Waals surface area contributed by atoms with Gasteiger partial charge in [-0.15, -0.1) is 0 Å². The second kappa shape index (κ2) is 7.08. The molecule has 1 saturated carbocycles. The number of fused-ring (bicyclic) bond motifs is 1. The fraction of sp³-hybridized carbons (Fsp3) is 0.474. The fourth-order valence-corrected chi connectivity index (χ4v) is 4.05. The molecule has 0 spiro atoms. The van der Waals surface area contributed by atoms with Crippen LogP contribution < -0.4 is 5.32 Å². The lowest BCUT2D eigenvalue weighted by Gasteiger charge is -2.38. The molecule has 4 rings (SSSR count). The minimum absolute atomic E-state index is 0.101. The number of allylic oxidation sites excluding steroid dienone is 1. The Hall–Kier alpha value is -2.06. The van der Waals surface area contributed by atoms with Crippen molar-refractivity contribution in [1.29, 1.82) is 0 Å². The molecular formula is C19H20ClF3N4O. The van der Waals surface area contributed by atoms with Gasteiger partial charge in [-0.3, -0.25) is 10.1 Å². The summed E-state index contributed by atoms with van der Waals surface area (Å²) < 4.78 is 40.6. The molecule has 0 amide bonds. The van der Waals surface area contributed by atoms with E-state index < -0.39 is 11.2 Å². The molecule has 150 valence electrons. The molecule has 1 unspecified atom stereocenters. The molecule has 2 aliphatic rings. The molecule has 1 aromatic heterocycles. The second-order valence-corrected chi connectivity index (χ2v) is 8.02. The molecule has 1 fully saturated rings. The number of hydrogen-bond acceptors (Lipinski definition) is 4. The average Bonchev–Trinajstić information content (AvgIpc) is 3.15. The van der Waals surface area contributed by atoms with Crippen LogP contribution in [0.3, 0.4) is 0 Å². The fourth-order valence-electron chi connectivity index (χ4n) is 3.90. The lowest BCUT2D eigenvalue weighted by Crippen LogP contribution is -2.55. The van der Waals surface area contributed by atoms with Crippen LogP contribution in [0.25, 0.3) is 16.6 Å². The summed E-state index contributed by atoms with van der Waals surface area (Å²) in [6.45, 7) is 0.101. The molecule has 2 heterocycles. The number of halogens is 4. The van der Waals surface area contributed by atoms with Gasteiger partial charge in [-0.2, -0.15) is 18.3 Å². The normalized spacial score (nSPS) is 28.6. The highest BCUT2D eigenvalue weighted by molar-refractivity contribution is 6.33. The number of nitrogens with zero attached hydrogens (tertiary/aromatic N) is 2. The Labute approximate surface area is 164 Å². The maximum Gasteiger partial charge on any atom is 0.430 e. The van der Waals surface area contributed by atoms with Crippen LogP contribution in [0.2, 0.25) is 0 Å². The van der Waals surface area contributed by atoms with E-state index in [2.05, 4.69) is 20.5 Å². The second-order valence-electron chi connectivity index (χ2n) is 7.43. The third-order valence-electron chi connectivity index (χ3n) is 5.58. The first-order chi connectivity index (χ1) is 13.3. The van der Waals surface area contributed by atoms with Crippen LogP contribution in [0.1, 0.15) is 31.2 Å². The summed E-state index contributed by atoms with van der Waals surface area (Å²) >= 11 is 5.88. The lowest BCUT2D eigenvalue weighted by atomic mass is 9.79. The number of rotatable bonds is 3. The maximum atomic E-state index is 13.5. The molecule has 0 radical (unpaired) electrons. The zero-order valence-electron chi connectivity index (χ0n) is 14.9. The first-order valence-electron chi connectivity index (χ1n) is 9.18. The molecule has 0 bridgehead atoms. The number of H-pyrrole nitrogens is 1. The number of nitrogens with one attached hydrogen (secondary N) is 2. The van der Waals surface area contributed by atoms with Gasteiger partial charge in [0.1, 0.15) is 0 Å². The summed E-state index contributed by atoms with van der Waals surface area (Å²) in [5.41, 5.74) is 2.42. The summed E-state index contributed by atoms with van der Waals surface area (Å²) in [6, 6.07) is 5.48. The van der Waals surface area contributed by atoms with Crippen molar-refractivity contribution in [3.8, 4) is 0 Å². The molecule has 0 saturated heterocycles. The number of hydrogen-bond donors (Lipinski definition) is 3. The predicted octanol–water partition coefficient (Wildman–Crippen LogP) is 4.20. The van der Waals surface area contributed by atoms with Crippen LogP contribution >= 0.6 is 11.6 Å². The summed E-state index contributed by atoms with van der Waals surface area (Å²) in [6.07, 6.45) is 0.554. The Morgan fingerprint density at radius 2 is 1.96 bits per heavy atom. The van der Waals surface area contributed by atoms with E-state index in [0.717, 1.165) is 30.0 Å². The highest BCUT2D eigenvalue weighted by Gasteiger charge is 2.55. The van der Waals surface area contributed by atoms with Gasteiger partial charge in [-0.1, -0.05) is 17.7 Å². The number of alkyl halides is 4. The zero-order chi connectivity index (χ0) is 19.9. The van der Waals surface area contributed by atoms with Gasteiger partial charge in [0.15, 0.2) is 0 Å². The number of benzene rings is 1. The smallest absolute Gasteiger partial charge is 0.396 e. The first kappa shape index (κ1) is 19.3. The van der Waals surface area contributed by atoms with Gasteiger partial charge in [-0.05, 0) is 43.7 Å². The minimum atomic E-state index is -4.69. The van der Waals surface area contributed by atoms with Crippen molar-refractivity contribution in [3.63, 3.8) is 0 Å². The maximum absolute atomic E-state index is 13.5. The molecular weight excluding hydrogens is 393 g/mol. The third-order valence-corrected chi connectivity index (χ3v) is 5.99. The van der Waals surface area contributed by atoms with Crippen molar-refractivity contribution in [3.05, 3.63) is 35.7 Å². The molecule has 1 aromatic carbocycles. The summed E-state index contributed by atoms with van der Waals surface area (Å²) in [5.74, 6) is 0.0637. The Morgan fingerprint density at radius 1 is 1.21 bits per heavy atom. The molecule has 1 aliphatic carbocycles. The van der Waals surface area contributed by atoms with Crippen LogP contribution in [0.15, 0.2) is 35.1 Å². The SMILES string of the molecule is OCC1CCC(C2=C(c3ccc4[nH]ncc4c3)N=CC(Cl)(C(F)(F)F)N2)CC1. The number of aliphatic hydroxyl groups is 1. The Bertz CT molecular complexity index is 931. The summed E-state index contributed by atoms with van der Waals surface area (Å²) in [7, 11) is 0. The minimum Gasteiger partial charge on any atom is -0.396 e. The molecule has 9 heteroatoms. The monoisotopic (exact) mass is 412 g/mol. The van der Waals surface area contributed by atoms with Crippen LogP contribution in [-0.2, 0) is 0 Å². The van der Waals surface area contributed by atoms with Crippen molar-refractivity contribution < 1.29 is 18.3 Å². The van der Waals surface area contributed by atoms with Gasteiger partial charge < -0.3 is 10.4 Å². The standard InChI is InChI=1S/C19H20ClF3N4O/c20-18(19(21,22)23)10-24-16(13-5-6-15-14(7-13)8-25-27-15)17(26-18)12-3-1-11(9-28)2-4-12/h5-8,10-12,26,28H,1-4,9H2,(H,25,27). The van der Waals surface area contributed by atoms with Gasteiger partial charge in [0.2, 0.25) is 5.00 Å². The molecule has 1 atom stereocenters. The van der Waals surface area contributed by atoms with E-state index in [9.17, 15) is 18.3 Å². The largest absolute Gasteiger partial charge is 0.430 e. The van der Waals surface area contributed by atoms with Crippen LogP contribution in [-0.4, -0.2) is 39.3 Å². The highest BCUT2D eigenvalue weighted by atomic mass is 35.5. The lowest BCUT2D eigenvalue weighted by molar-refractivity contribution is -0.149. The molecule has 5 nitrogen and oxygen atoms in total. The van der Waals surface area contributed by atoms with E-state index in [1.165, 1.54) is 0 Å². The quantitative estimate of drug-likeness (QED) is 0.522. The molecule has 3 N–H and O–H groups in total. The molecule has 28 heavy (non-hydrogen) atoms. The number of aromatic nitrogens is 2. The van der Waals surface area contributed by atoms with E-state index in [1.54, 1.807) is 6.20 Å². The van der Waals surface area contributed by atoms with Gasteiger partial charge in [0.25, 0.3) is 0 Å². The van der Waals surface area contributed by atoms with E-state index in [-0.39, 0.29) is 18.4 Å². The Balaban J connectivity index is 1.75. The third kappa shape index (κ3) is 3.39. The van der Waals surface area contributed by atoms with E-state index in [4.69, 9.17) is 11.6 Å². The van der Waals surface area contributed by atoms with Crippen molar-refractivity contribution in [1.82, 2.24) is 15.5 Å². The van der Waals surface area contributed by atoms with Gasteiger partial charge in [0, 0.05) is 29.2 Å². The zero-order valence-corrected chi connectivity index (χ0v) is 15.7. The van der Waals surface area contributed by atoms with Gasteiger partial charge >= 0.3 is 6.18 Å². The van der Waals surface area contributed by atoms with Crippen molar-refractivity contribution >= 4 is 34.4 Å². The number of aliphatic hydroxyl groups excluding tert-OH is 1. The Kier molecular flexibility index (Phi) is 4.87. The van der Waals surface area contributed by atoms with Crippen LogP contribution in [0, 0.1) is 11.8 Å². The van der Waals surface area contributed by atoms with E-state index in [1.807, 2.05) is 18.2 Å². The highest BCUT2D eigenvalue weighted by Crippen LogP contribution is 2.42. The predicted molar refractivity (Wildman–Crippen MR) is 102 cm³/mol. The van der Waals surface area contributed by atoms with Crippen LogP contribution in [0.4, 0.5) is 13.2 Å².